The minimum Gasteiger partial charge on any atom is -0.492 e. The van der Waals surface area contributed by atoms with Crippen LogP contribution in [-0.4, -0.2) is 17.7 Å². The summed E-state index contributed by atoms with van der Waals surface area (Å²) in [6, 6.07) is 15.7. The summed E-state index contributed by atoms with van der Waals surface area (Å²) in [6.45, 7) is 3.43. The van der Waals surface area contributed by atoms with Gasteiger partial charge in [-0.2, -0.15) is 0 Å². The number of hydrogen-bond donors (Lipinski definition) is 1. The topological polar surface area (TPSA) is 46.5 Å². The van der Waals surface area contributed by atoms with Crippen molar-refractivity contribution in [2.24, 2.45) is 5.41 Å². The molecule has 0 atom stereocenters. The Balaban J connectivity index is 2.06. The van der Waals surface area contributed by atoms with Gasteiger partial charge in [0.25, 0.3) is 0 Å². The second-order valence-electron chi connectivity index (χ2n) is 5.51. The van der Waals surface area contributed by atoms with Crippen molar-refractivity contribution in [3.63, 3.8) is 0 Å². The molecule has 0 aliphatic rings. The van der Waals surface area contributed by atoms with Gasteiger partial charge in [-0.15, -0.1) is 0 Å². The number of carboxylic acid groups (broad SMARTS) is 1. The Kier molecular flexibility index (Phi) is 4.68. The van der Waals surface area contributed by atoms with Gasteiger partial charge in [0.1, 0.15) is 12.4 Å². The maximum absolute atomic E-state index is 11.0. The van der Waals surface area contributed by atoms with E-state index in [1.54, 1.807) is 13.8 Å². The second kappa shape index (κ2) is 6.31. The Morgan fingerprint density at radius 1 is 1.05 bits per heavy atom. The van der Waals surface area contributed by atoms with E-state index in [1.165, 1.54) is 0 Å². The predicted molar refractivity (Wildman–Crippen MR) is 86.5 cm³/mol. The van der Waals surface area contributed by atoms with Crippen molar-refractivity contribution >= 4 is 21.9 Å². The zero-order valence-electron chi connectivity index (χ0n) is 12.0. The number of carbonyl (C=O) groups is 1. The van der Waals surface area contributed by atoms with Crippen LogP contribution >= 0.6 is 15.9 Å². The fourth-order valence-electron chi connectivity index (χ4n) is 1.71. The van der Waals surface area contributed by atoms with E-state index in [1.807, 2.05) is 48.5 Å². The Hall–Kier alpha value is -1.81. The predicted octanol–water partition coefficient (Wildman–Crippen LogP) is 4.61. The molecule has 2 rings (SSSR count). The van der Waals surface area contributed by atoms with E-state index in [2.05, 4.69) is 15.9 Å². The lowest BCUT2D eigenvalue weighted by Crippen LogP contribution is -2.30. The molecule has 0 bridgehead atoms. The van der Waals surface area contributed by atoms with Gasteiger partial charge in [0, 0.05) is 4.47 Å². The smallest absolute Gasteiger partial charge is 0.312 e. The van der Waals surface area contributed by atoms with Crippen molar-refractivity contribution in [2.45, 2.75) is 13.8 Å². The summed E-state index contributed by atoms with van der Waals surface area (Å²) >= 11 is 3.41. The molecule has 2 aromatic rings. The molecule has 21 heavy (non-hydrogen) atoms. The van der Waals surface area contributed by atoms with E-state index < -0.39 is 11.4 Å². The van der Waals surface area contributed by atoms with Crippen molar-refractivity contribution in [3.05, 3.63) is 53.0 Å². The fourth-order valence-corrected chi connectivity index (χ4v) is 1.98. The van der Waals surface area contributed by atoms with Crippen LogP contribution in [0.5, 0.6) is 5.75 Å². The van der Waals surface area contributed by atoms with Crippen LogP contribution in [0, 0.1) is 5.41 Å². The van der Waals surface area contributed by atoms with E-state index in [0.717, 1.165) is 15.6 Å². The van der Waals surface area contributed by atoms with Gasteiger partial charge in [0.05, 0.1) is 5.41 Å². The zero-order valence-corrected chi connectivity index (χ0v) is 13.6. The molecule has 0 spiro atoms. The molecule has 0 aromatic heterocycles. The summed E-state index contributed by atoms with van der Waals surface area (Å²) in [5, 5.41) is 9.05. The third-order valence-corrected chi connectivity index (χ3v) is 3.74. The van der Waals surface area contributed by atoms with Gasteiger partial charge < -0.3 is 9.84 Å². The lowest BCUT2D eigenvalue weighted by Gasteiger charge is -2.19. The molecule has 0 unspecified atom stereocenters. The highest BCUT2D eigenvalue weighted by Crippen LogP contribution is 2.25. The molecule has 0 saturated heterocycles. The van der Waals surface area contributed by atoms with E-state index in [9.17, 15) is 4.79 Å². The maximum Gasteiger partial charge on any atom is 0.312 e. The maximum atomic E-state index is 11.0. The van der Waals surface area contributed by atoms with Gasteiger partial charge in [-0.3, -0.25) is 4.79 Å². The van der Waals surface area contributed by atoms with Crippen molar-refractivity contribution < 1.29 is 14.6 Å². The third kappa shape index (κ3) is 4.08. The Labute approximate surface area is 132 Å². The summed E-state index contributed by atoms with van der Waals surface area (Å²) in [6.07, 6.45) is 0. The molecule has 4 heteroatoms. The standard InChI is InChI=1S/C17H17BrO3/c1-17(2,16(19)20)11-21-15-9-5-13(6-10-15)12-3-7-14(18)8-4-12/h3-10H,11H2,1-2H3,(H,19,20). The van der Waals surface area contributed by atoms with Crippen LogP contribution in [0.25, 0.3) is 11.1 Å². The molecule has 2 aromatic carbocycles. The van der Waals surface area contributed by atoms with Crippen molar-refractivity contribution in [3.8, 4) is 16.9 Å². The average Bonchev–Trinajstić information content (AvgIpc) is 2.46. The van der Waals surface area contributed by atoms with E-state index >= 15 is 0 Å². The van der Waals surface area contributed by atoms with E-state index in [0.29, 0.717) is 5.75 Å². The van der Waals surface area contributed by atoms with Gasteiger partial charge >= 0.3 is 5.97 Å². The molecule has 1 N–H and O–H groups in total. The number of carboxylic acids is 1. The SMILES string of the molecule is CC(C)(COc1ccc(-c2ccc(Br)cc2)cc1)C(=O)O. The number of rotatable bonds is 5. The van der Waals surface area contributed by atoms with Crippen LogP contribution in [0.4, 0.5) is 0 Å². The van der Waals surface area contributed by atoms with Crippen LogP contribution in [-0.2, 0) is 4.79 Å². The normalized spacial score (nSPS) is 11.2. The largest absolute Gasteiger partial charge is 0.492 e. The highest BCUT2D eigenvalue weighted by molar-refractivity contribution is 9.10. The van der Waals surface area contributed by atoms with Gasteiger partial charge in [0.15, 0.2) is 0 Å². The molecule has 0 heterocycles. The Morgan fingerprint density at radius 2 is 1.52 bits per heavy atom. The monoisotopic (exact) mass is 348 g/mol. The summed E-state index contributed by atoms with van der Waals surface area (Å²) in [5.74, 6) is -0.195. The van der Waals surface area contributed by atoms with Crippen molar-refractivity contribution in [1.29, 1.82) is 0 Å². The number of hydrogen-bond acceptors (Lipinski definition) is 2. The molecule has 0 fully saturated rings. The van der Waals surface area contributed by atoms with Crippen LogP contribution in [0.15, 0.2) is 53.0 Å². The average molecular weight is 349 g/mol. The summed E-state index contributed by atoms with van der Waals surface area (Å²) < 4.78 is 6.60. The molecular weight excluding hydrogens is 332 g/mol. The van der Waals surface area contributed by atoms with Gasteiger partial charge in [-0.05, 0) is 49.2 Å². The first-order valence-electron chi connectivity index (χ1n) is 6.61. The zero-order chi connectivity index (χ0) is 15.5. The lowest BCUT2D eigenvalue weighted by atomic mass is 9.95. The van der Waals surface area contributed by atoms with Crippen LogP contribution in [0.3, 0.4) is 0 Å². The molecule has 0 aliphatic carbocycles. The van der Waals surface area contributed by atoms with Gasteiger partial charge in [-0.25, -0.2) is 0 Å². The van der Waals surface area contributed by atoms with Crippen LogP contribution in [0.1, 0.15) is 13.8 Å². The molecular formula is C17H17BrO3. The lowest BCUT2D eigenvalue weighted by molar-refractivity contribution is -0.148. The van der Waals surface area contributed by atoms with Gasteiger partial charge in [0.2, 0.25) is 0 Å². The summed E-state index contributed by atoms with van der Waals surface area (Å²) in [4.78, 5) is 11.0. The van der Waals surface area contributed by atoms with Crippen LogP contribution in [0.2, 0.25) is 0 Å². The molecule has 3 nitrogen and oxygen atoms in total. The number of aliphatic carboxylic acids is 1. The third-order valence-electron chi connectivity index (χ3n) is 3.21. The highest BCUT2D eigenvalue weighted by atomic mass is 79.9. The quantitative estimate of drug-likeness (QED) is 0.858. The molecule has 0 aliphatic heterocycles. The number of halogens is 1. The van der Waals surface area contributed by atoms with E-state index in [-0.39, 0.29) is 6.61 Å². The van der Waals surface area contributed by atoms with E-state index in [4.69, 9.17) is 9.84 Å². The molecule has 0 amide bonds. The minimum atomic E-state index is -0.898. The van der Waals surface area contributed by atoms with Gasteiger partial charge in [-0.1, -0.05) is 40.2 Å². The Morgan fingerprint density at radius 3 is 2.00 bits per heavy atom. The number of ether oxygens (including phenoxy) is 1. The second-order valence-corrected chi connectivity index (χ2v) is 6.42. The highest BCUT2D eigenvalue weighted by Gasteiger charge is 2.28. The first-order valence-corrected chi connectivity index (χ1v) is 7.40. The molecule has 0 radical (unpaired) electrons. The summed E-state index contributed by atoms with van der Waals surface area (Å²) in [7, 11) is 0. The number of benzene rings is 2. The van der Waals surface area contributed by atoms with Crippen LogP contribution < -0.4 is 4.74 Å². The molecule has 0 saturated carbocycles. The first kappa shape index (κ1) is 15.6. The van der Waals surface area contributed by atoms with Crippen molar-refractivity contribution in [1.82, 2.24) is 0 Å². The Bertz CT molecular complexity index is 615. The summed E-state index contributed by atoms with van der Waals surface area (Å²) in [5.41, 5.74) is 1.31. The minimum absolute atomic E-state index is 0.139. The van der Waals surface area contributed by atoms with Crippen molar-refractivity contribution in [2.75, 3.05) is 6.61 Å². The molecule has 110 valence electrons. The fraction of sp³-hybridized carbons (Fsp3) is 0.235. The first-order chi connectivity index (χ1) is 9.88.